The summed E-state index contributed by atoms with van der Waals surface area (Å²) in [5.74, 6) is 1.45. The number of rotatable bonds is 5. The SMILES string of the molecule is Cc1ccc(-c2cc3c(SCC(=O)Nc4ccc5c(c4)OCCO5)nccn3n2)cc1C. The van der Waals surface area contributed by atoms with Crippen LogP contribution in [0, 0.1) is 13.8 Å². The predicted molar refractivity (Wildman–Crippen MR) is 125 cm³/mol. The van der Waals surface area contributed by atoms with Gasteiger partial charge >= 0.3 is 0 Å². The Kier molecular flexibility index (Phi) is 5.45. The van der Waals surface area contributed by atoms with Crippen LogP contribution in [0.1, 0.15) is 11.1 Å². The Morgan fingerprint density at radius 2 is 1.91 bits per heavy atom. The van der Waals surface area contributed by atoms with Gasteiger partial charge in [0, 0.05) is 29.7 Å². The van der Waals surface area contributed by atoms with Crippen LogP contribution in [0.15, 0.2) is 59.9 Å². The number of ether oxygens (including phenoxy) is 2. The molecular weight excluding hydrogens is 424 g/mol. The Labute approximate surface area is 189 Å². The van der Waals surface area contributed by atoms with Crippen molar-refractivity contribution in [3.8, 4) is 22.8 Å². The summed E-state index contributed by atoms with van der Waals surface area (Å²) in [6.07, 6.45) is 3.52. The van der Waals surface area contributed by atoms with Crippen LogP contribution in [0.25, 0.3) is 16.8 Å². The molecule has 3 heterocycles. The van der Waals surface area contributed by atoms with Gasteiger partial charge in [0.25, 0.3) is 0 Å². The van der Waals surface area contributed by atoms with Gasteiger partial charge in [0.2, 0.25) is 5.91 Å². The first-order valence-corrected chi connectivity index (χ1v) is 11.3. The molecule has 0 fully saturated rings. The molecule has 1 aliphatic rings. The van der Waals surface area contributed by atoms with E-state index in [0.717, 1.165) is 21.8 Å². The molecule has 32 heavy (non-hydrogen) atoms. The topological polar surface area (TPSA) is 77.8 Å². The predicted octanol–water partition coefficient (Wildman–Crippen LogP) is 4.52. The Balaban J connectivity index is 1.30. The molecule has 2 aromatic carbocycles. The molecule has 0 saturated carbocycles. The highest BCUT2D eigenvalue weighted by Gasteiger charge is 2.14. The van der Waals surface area contributed by atoms with Crippen LogP contribution in [-0.2, 0) is 4.79 Å². The molecule has 162 valence electrons. The highest BCUT2D eigenvalue weighted by atomic mass is 32.2. The van der Waals surface area contributed by atoms with E-state index in [1.807, 2.05) is 18.3 Å². The molecule has 1 aliphatic heterocycles. The number of carbonyl (C=O) groups excluding carboxylic acids is 1. The van der Waals surface area contributed by atoms with E-state index in [-0.39, 0.29) is 11.7 Å². The van der Waals surface area contributed by atoms with E-state index in [4.69, 9.17) is 9.47 Å². The minimum atomic E-state index is -0.121. The summed E-state index contributed by atoms with van der Waals surface area (Å²) in [7, 11) is 0. The number of amides is 1. The number of hydrogen-bond donors (Lipinski definition) is 1. The number of aromatic nitrogens is 3. The van der Waals surface area contributed by atoms with Gasteiger partial charge in [-0.05, 0) is 49.2 Å². The van der Waals surface area contributed by atoms with Crippen molar-refractivity contribution in [1.29, 1.82) is 0 Å². The number of nitrogens with zero attached hydrogens (tertiary/aromatic N) is 3. The van der Waals surface area contributed by atoms with Crippen molar-refractivity contribution in [2.24, 2.45) is 0 Å². The largest absolute Gasteiger partial charge is 0.486 e. The van der Waals surface area contributed by atoms with E-state index in [1.54, 1.807) is 22.8 Å². The molecule has 0 bridgehead atoms. The van der Waals surface area contributed by atoms with Crippen LogP contribution in [-0.4, -0.2) is 39.5 Å². The summed E-state index contributed by atoms with van der Waals surface area (Å²) in [4.78, 5) is 17.0. The van der Waals surface area contributed by atoms with Crippen molar-refractivity contribution in [2.45, 2.75) is 18.9 Å². The zero-order chi connectivity index (χ0) is 22.1. The lowest BCUT2D eigenvalue weighted by Crippen LogP contribution is -2.17. The molecule has 0 aliphatic carbocycles. The van der Waals surface area contributed by atoms with Gasteiger partial charge < -0.3 is 14.8 Å². The number of aryl methyl sites for hydroxylation is 2. The van der Waals surface area contributed by atoms with Gasteiger partial charge in [-0.2, -0.15) is 5.10 Å². The summed E-state index contributed by atoms with van der Waals surface area (Å²) < 4.78 is 12.9. The van der Waals surface area contributed by atoms with E-state index in [0.29, 0.717) is 30.4 Å². The molecule has 0 spiro atoms. The highest BCUT2D eigenvalue weighted by molar-refractivity contribution is 8.00. The summed E-state index contributed by atoms with van der Waals surface area (Å²) in [6, 6.07) is 13.7. The third-order valence-corrected chi connectivity index (χ3v) is 6.32. The average Bonchev–Trinajstić information content (AvgIpc) is 3.24. The minimum Gasteiger partial charge on any atom is -0.486 e. The average molecular weight is 447 g/mol. The van der Waals surface area contributed by atoms with Crippen LogP contribution in [0.2, 0.25) is 0 Å². The first kappa shape index (κ1) is 20.4. The van der Waals surface area contributed by atoms with Gasteiger partial charge in [-0.3, -0.25) is 4.79 Å². The molecule has 4 aromatic rings. The van der Waals surface area contributed by atoms with Gasteiger partial charge in [0.15, 0.2) is 11.5 Å². The van der Waals surface area contributed by atoms with Crippen LogP contribution in [0.4, 0.5) is 5.69 Å². The van der Waals surface area contributed by atoms with Gasteiger partial charge in [-0.1, -0.05) is 23.9 Å². The van der Waals surface area contributed by atoms with E-state index in [1.165, 1.54) is 22.9 Å². The fourth-order valence-electron chi connectivity index (χ4n) is 3.50. The molecule has 0 unspecified atom stereocenters. The maximum atomic E-state index is 12.5. The number of fused-ring (bicyclic) bond motifs is 2. The molecule has 2 aromatic heterocycles. The normalized spacial score (nSPS) is 12.7. The molecule has 0 saturated heterocycles. The van der Waals surface area contributed by atoms with Crippen molar-refractivity contribution in [2.75, 3.05) is 24.3 Å². The molecular formula is C24H22N4O3S. The molecule has 8 heteroatoms. The number of nitrogens with one attached hydrogen (secondary N) is 1. The summed E-state index contributed by atoms with van der Waals surface area (Å²) in [5.41, 5.74) is 5.96. The van der Waals surface area contributed by atoms with Crippen molar-refractivity contribution in [3.05, 3.63) is 66.0 Å². The van der Waals surface area contributed by atoms with Crippen molar-refractivity contribution >= 4 is 28.9 Å². The Bertz CT molecular complexity index is 1320. The zero-order valence-corrected chi connectivity index (χ0v) is 18.6. The highest BCUT2D eigenvalue weighted by Crippen LogP contribution is 2.33. The summed E-state index contributed by atoms with van der Waals surface area (Å²) in [5, 5.41) is 8.35. The van der Waals surface area contributed by atoms with Crippen LogP contribution in [0.5, 0.6) is 11.5 Å². The van der Waals surface area contributed by atoms with Crippen molar-refractivity contribution < 1.29 is 14.3 Å². The Morgan fingerprint density at radius 3 is 2.75 bits per heavy atom. The quantitative estimate of drug-likeness (QED) is 0.455. The minimum absolute atomic E-state index is 0.121. The number of thioether (sulfide) groups is 1. The molecule has 1 amide bonds. The molecule has 0 radical (unpaired) electrons. The Hall–Kier alpha value is -3.52. The van der Waals surface area contributed by atoms with Crippen molar-refractivity contribution in [1.82, 2.24) is 14.6 Å². The summed E-state index contributed by atoms with van der Waals surface area (Å²) in [6.45, 7) is 5.23. The van der Waals surface area contributed by atoms with Gasteiger partial charge in [0.1, 0.15) is 18.2 Å². The second-order valence-corrected chi connectivity index (χ2v) is 8.55. The maximum Gasteiger partial charge on any atom is 0.234 e. The third-order valence-electron chi connectivity index (χ3n) is 5.32. The molecule has 5 rings (SSSR count). The van der Waals surface area contributed by atoms with Crippen molar-refractivity contribution in [3.63, 3.8) is 0 Å². The second kappa shape index (κ2) is 8.55. The third kappa shape index (κ3) is 4.13. The number of benzene rings is 2. The second-order valence-electron chi connectivity index (χ2n) is 7.59. The fraction of sp³-hybridized carbons (Fsp3) is 0.208. The monoisotopic (exact) mass is 446 g/mol. The lowest BCUT2D eigenvalue weighted by molar-refractivity contribution is -0.113. The first-order valence-electron chi connectivity index (χ1n) is 10.3. The first-order chi connectivity index (χ1) is 15.6. The van der Waals surface area contributed by atoms with E-state index < -0.39 is 0 Å². The lowest BCUT2D eigenvalue weighted by atomic mass is 10.0. The Morgan fingerprint density at radius 1 is 1.06 bits per heavy atom. The van der Waals surface area contributed by atoms with Crippen LogP contribution >= 0.6 is 11.8 Å². The lowest BCUT2D eigenvalue weighted by Gasteiger charge is -2.19. The maximum absolute atomic E-state index is 12.5. The number of anilines is 1. The number of hydrogen-bond acceptors (Lipinski definition) is 6. The van der Waals surface area contributed by atoms with E-state index >= 15 is 0 Å². The summed E-state index contributed by atoms with van der Waals surface area (Å²) >= 11 is 1.38. The van der Waals surface area contributed by atoms with Gasteiger partial charge in [-0.15, -0.1) is 0 Å². The molecule has 1 N–H and O–H groups in total. The van der Waals surface area contributed by atoms with E-state index in [9.17, 15) is 4.79 Å². The molecule has 7 nitrogen and oxygen atoms in total. The smallest absolute Gasteiger partial charge is 0.234 e. The van der Waals surface area contributed by atoms with Crippen LogP contribution < -0.4 is 14.8 Å². The molecule has 0 atom stereocenters. The van der Waals surface area contributed by atoms with E-state index in [2.05, 4.69) is 47.4 Å². The van der Waals surface area contributed by atoms with Gasteiger partial charge in [-0.25, -0.2) is 9.50 Å². The van der Waals surface area contributed by atoms with Crippen LogP contribution in [0.3, 0.4) is 0 Å². The van der Waals surface area contributed by atoms with Gasteiger partial charge in [0.05, 0.1) is 17.0 Å². The fourth-order valence-corrected chi connectivity index (χ4v) is 4.28. The zero-order valence-electron chi connectivity index (χ0n) is 17.8. The number of carbonyl (C=O) groups is 1. The standard InChI is InChI=1S/C24H22N4O3S/c1-15-3-4-17(11-16(15)2)19-13-20-24(25-7-8-28(20)27-19)32-14-23(29)26-18-5-6-21-22(12-18)31-10-9-30-21/h3-8,11-13H,9-10,14H2,1-2H3,(H,26,29).